The molecule has 3 nitrogen and oxygen atoms in total. The molecule has 1 heterocycles. The van der Waals surface area contributed by atoms with Gasteiger partial charge in [-0.05, 0) is 39.5 Å². The smallest absolute Gasteiger partial charge is 0.398 e. The lowest BCUT2D eigenvalue weighted by molar-refractivity contribution is -0.136. The molecule has 3 N–H and O–H groups in total. The Kier molecular flexibility index (Phi) is 4.58. The average molecular weight is 379 g/mol. The van der Waals surface area contributed by atoms with Gasteiger partial charge in [0.2, 0.25) is 0 Å². The van der Waals surface area contributed by atoms with Gasteiger partial charge in [-0.1, -0.05) is 6.07 Å². The zero-order valence-electron chi connectivity index (χ0n) is 10.5. The number of nitrogen functional groups attached to an aromatic ring is 1. The summed E-state index contributed by atoms with van der Waals surface area (Å²) in [6.45, 7) is 0.215. The van der Waals surface area contributed by atoms with E-state index in [-0.39, 0.29) is 12.1 Å². The number of anilines is 1. The molecule has 0 unspecified atom stereocenters. The van der Waals surface area contributed by atoms with Gasteiger partial charge in [0.25, 0.3) is 5.91 Å². The van der Waals surface area contributed by atoms with Gasteiger partial charge in [0, 0.05) is 9.35 Å². The van der Waals surface area contributed by atoms with Gasteiger partial charge in [-0.15, -0.1) is 11.3 Å². The van der Waals surface area contributed by atoms with Crippen LogP contribution in [-0.4, -0.2) is 5.91 Å². The largest absolute Gasteiger partial charge is 0.418 e. The van der Waals surface area contributed by atoms with Crippen molar-refractivity contribution < 1.29 is 18.0 Å². The molecule has 21 heavy (non-hydrogen) atoms. The van der Waals surface area contributed by atoms with Crippen LogP contribution in [0.25, 0.3) is 0 Å². The minimum atomic E-state index is -4.59. The highest BCUT2D eigenvalue weighted by atomic mass is 79.9. The molecule has 0 aliphatic rings. The zero-order chi connectivity index (χ0) is 15.6. The molecule has 1 aromatic carbocycles. The number of rotatable bonds is 3. The monoisotopic (exact) mass is 378 g/mol. The molecule has 2 rings (SSSR count). The third-order valence-corrected chi connectivity index (χ3v) is 4.68. The summed E-state index contributed by atoms with van der Waals surface area (Å²) < 4.78 is 39.1. The molecule has 1 aromatic heterocycles. The van der Waals surface area contributed by atoms with Crippen LogP contribution in [0.5, 0.6) is 0 Å². The van der Waals surface area contributed by atoms with E-state index in [4.69, 9.17) is 5.73 Å². The second-order valence-electron chi connectivity index (χ2n) is 4.14. The van der Waals surface area contributed by atoms with Crippen molar-refractivity contribution in [1.29, 1.82) is 0 Å². The fourth-order valence-corrected chi connectivity index (χ4v) is 3.15. The molecule has 0 fully saturated rings. The molecule has 2 aromatic rings. The summed E-state index contributed by atoms with van der Waals surface area (Å²) in [6.07, 6.45) is -4.59. The predicted octanol–water partition coefficient (Wildman–Crippen LogP) is 4.04. The van der Waals surface area contributed by atoms with Gasteiger partial charge in [-0.3, -0.25) is 4.79 Å². The van der Waals surface area contributed by atoms with Crippen molar-refractivity contribution in [2.75, 3.05) is 5.73 Å². The predicted molar refractivity (Wildman–Crippen MR) is 79.0 cm³/mol. The molecule has 1 amide bonds. The van der Waals surface area contributed by atoms with Crippen LogP contribution in [0.3, 0.4) is 0 Å². The van der Waals surface area contributed by atoms with Crippen molar-refractivity contribution in [2.24, 2.45) is 0 Å². The first-order valence-corrected chi connectivity index (χ1v) is 7.43. The van der Waals surface area contributed by atoms with E-state index in [1.807, 2.05) is 11.4 Å². The summed E-state index contributed by atoms with van der Waals surface area (Å²) in [4.78, 5) is 12.9. The van der Waals surface area contributed by atoms with Crippen molar-refractivity contribution in [3.63, 3.8) is 0 Å². The van der Waals surface area contributed by atoms with Crippen molar-refractivity contribution >= 4 is 38.9 Å². The standard InChI is InChI=1S/C13H10BrF3N2OS/c14-9-4-5-21-10(9)6-19-12(20)7-2-1-3-8(11(7)18)13(15,16)17/h1-5H,6,18H2,(H,19,20). The Labute approximate surface area is 131 Å². The third kappa shape index (κ3) is 3.56. The number of para-hydroxylation sites is 1. The van der Waals surface area contributed by atoms with Crippen LogP contribution in [0.4, 0.5) is 18.9 Å². The van der Waals surface area contributed by atoms with Crippen LogP contribution in [-0.2, 0) is 12.7 Å². The van der Waals surface area contributed by atoms with Gasteiger partial charge in [0.15, 0.2) is 0 Å². The number of carbonyl (C=O) groups excluding carboxylic acids is 1. The molecule has 0 saturated heterocycles. The van der Waals surface area contributed by atoms with Crippen molar-refractivity contribution in [3.05, 3.63) is 50.1 Å². The van der Waals surface area contributed by atoms with Gasteiger partial charge in [0.1, 0.15) is 0 Å². The normalized spacial score (nSPS) is 11.4. The summed E-state index contributed by atoms with van der Waals surface area (Å²) in [5.74, 6) is -0.640. The Hall–Kier alpha value is -1.54. The Balaban J connectivity index is 2.18. The molecule has 0 aliphatic heterocycles. The minimum Gasteiger partial charge on any atom is -0.398 e. The molecule has 0 radical (unpaired) electrons. The second kappa shape index (κ2) is 6.07. The first kappa shape index (κ1) is 15.8. The number of carbonyl (C=O) groups is 1. The Morgan fingerprint density at radius 3 is 2.62 bits per heavy atom. The number of benzene rings is 1. The van der Waals surface area contributed by atoms with E-state index in [0.29, 0.717) is 0 Å². The highest BCUT2D eigenvalue weighted by Crippen LogP contribution is 2.35. The molecule has 112 valence electrons. The summed E-state index contributed by atoms with van der Waals surface area (Å²) in [6, 6.07) is 5.10. The van der Waals surface area contributed by atoms with E-state index < -0.39 is 23.3 Å². The molecule has 0 aliphatic carbocycles. The highest BCUT2D eigenvalue weighted by Gasteiger charge is 2.34. The average Bonchev–Trinajstić information content (AvgIpc) is 2.80. The van der Waals surface area contributed by atoms with Crippen molar-refractivity contribution in [3.8, 4) is 0 Å². The summed E-state index contributed by atoms with van der Waals surface area (Å²) in [7, 11) is 0. The molecule has 0 saturated carbocycles. The van der Waals surface area contributed by atoms with Gasteiger partial charge >= 0.3 is 6.18 Å². The number of amides is 1. The van der Waals surface area contributed by atoms with Gasteiger partial charge in [0.05, 0.1) is 23.4 Å². The van der Waals surface area contributed by atoms with Crippen LogP contribution in [0.2, 0.25) is 0 Å². The van der Waals surface area contributed by atoms with Crippen LogP contribution in [0.1, 0.15) is 20.8 Å². The number of nitrogens with two attached hydrogens (primary N) is 1. The SMILES string of the molecule is Nc1c(C(=O)NCc2sccc2Br)cccc1C(F)(F)F. The molecule has 0 atom stereocenters. The molecule has 8 heteroatoms. The van der Waals surface area contributed by atoms with Gasteiger partial charge in [-0.2, -0.15) is 13.2 Å². The quantitative estimate of drug-likeness (QED) is 0.791. The van der Waals surface area contributed by atoms with E-state index in [1.165, 1.54) is 17.4 Å². The number of alkyl halides is 3. The Morgan fingerprint density at radius 1 is 1.33 bits per heavy atom. The summed E-state index contributed by atoms with van der Waals surface area (Å²) in [5.41, 5.74) is 3.71. The van der Waals surface area contributed by atoms with E-state index in [1.54, 1.807) is 0 Å². The van der Waals surface area contributed by atoms with E-state index >= 15 is 0 Å². The topological polar surface area (TPSA) is 55.1 Å². The molecule has 0 spiro atoms. The maximum absolute atomic E-state index is 12.7. The fourth-order valence-electron chi connectivity index (χ4n) is 1.72. The number of hydrogen-bond donors (Lipinski definition) is 2. The fraction of sp³-hybridized carbons (Fsp3) is 0.154. The lowest BCUT2D eigenvalue weighted by atomic mass is 10.1. The molecular formula is C13H10BrF3N2OS. The van der Waals surface area contributed by atoms with Crippen LogP contribution < -0.4 is 11.1 Å². The van der Waals surface area contributed by atoms with Crippen LogP contribution >= 0.6 is 27.3 Å². The lowest BCUT2D eigenvalue weighted by Gasteiger charge is -2.13. The van der Waals surface area contributed by atoms with Crippen molar-refractivity contribution in [1.82, 2.24) is 5.32 Å². The zero-order valence-corrected chi connectivity index (χ0v) is 12.9. The molecular weight excluding hydrogens is 369 g/mol. The Bertz CT molecular complexity index is 670. The minimum absolute atomic E-state index is 0.183. The first-order valence-electron chi connectivity index (χ1n) is 5.76. The van der Waals surface area contributed by atoms with E-state index in [0.717, 1.165) is 21.5 Å². The Morgan fingerprint density at radius 2 is 2.05 bits per heavy atom. The van der Waals surface area contributed by atoms with Crippen LogP contribution in [0, 0.1) is 0 Å². The number of halogens is 4. The van der Waals surface area contributed by atoms with E-state index in [2.05, 4.69) is 21.2 Å². The van der Waals surface area contributed by atoms with Gasteiger partial charge in [-0.25, -0.2) is 0 Å². The highest BCUT2D eigenvalue weighted by molar-refractivity contribution is 9.10. The first-order chi connectivity index (χ1) is 9.80. The van der Waals surface area contributed by atoms with Gasteiger partial charge < -0.3 is 11.1 Å². The molecule has 0 bridgehead atoms. The summed E-state index contributed by atoms with van der Waals surface area (Å²) in [5, 5.41) is 4.39. The number of thiophene rings is 1. The lowest BCUT2D eigenvalue weighted by Crippen LogP contribution is -2.24. The third-order valence-electron chi connectivity index (χ3n) is 2.76. The van der Waals surface area contributed by atoms with E-state index in [9.17, 15) is 18.0 Å². The maximum atomic E-state index is 12.7. The summed E-state index contributed by atoms with van der Waals surface area (Å²) >= 11 is 4.74. The number of hydrogen-bond acceptors (Lipinski definition) is 3. The maximum Gasteiger partial charge on any atom is 0.418 e. The second-order valence-corrected chi connectivity index (χ2v) is 5.99. The van der Waals surface area contributed by atoms with Crippen molar-refractivity contribution in [2.45, 2.75) is 12.7 Å². The number of nitrogens with one attached hydrogen (secondary N) is 1. The van der Waals surface area contributed by atoms with Crippen LogP contribution in [0.15, 0.2) is 34.1 Å².